The average Bonchev–Trinajstić information content (AvgIpc) is 2.96. The Morgan fingerprint density at radius 3 is 2.50 bits per heavy atom. The van der Waals surface area contributed by atoms with Gasteiger partial charge in [-0.2, -0.15) is 0 Å². The van der Waals surface area contributed by atoms with Gasteiger partial charge >= 0.3 is 0 Å². The highest BCUT2D eigenvalue weighted by Crippen LogP contribution is 2.19. The molecule has 1 aromatic carbocycles. The average molecular weight is 292 g/mol. The molecule has 1 aliphatic rings. The SMILES string of the molecule is CC(C)N[C@H](CCN1CCCC1)CSc1ccccc1. The van der Waals surface area contributed by atoms with Gasteiger partial charge in [-0.1, -0.05) is 32.0 Å². The molecule has 1 saturated heterocycles. The summed E-state index contributed by atoms with van der Waals surface area (Å²) >= 11 is 1.97. The Morgan fingerprint density at radius 2 is 1.85 bits per heavy atom. The molecule has 1 atom stereocenters. The molecule has 2 rings (SSSR count). The summed E-state index contributed by atoms with van der Waals surface area (Å²) < 4.78 is 0. The van der Waals surface area contributed by atoms with Gasteiger partial charge in [0, 0.05) is 22.7 Å². The molecular formula is C17H28N2S. The molecule has 1 aromatic rings. The maximum absolute atomic E-state index is 3.73. The van der Waals surface area contributed by atoms with Crippen molar-refractivity contribution in [1.29, 1.82) is 0 Å². The molecule has 1 heterocycles. The van der Waals surface area contributed by atoms with Crippen molar-refractivity contribution in [1.82, 2.24) is 10.2 Å². The Morgan fingerprint density at radius 1 is 1.15 bits per heavy atom. The highest BCUT2D eigenvalue weighted by atomic mass is 32.2. The van der Waals surface area contributed by atoms with E-state index in [4.69, 9.17) is 0 Å². The van der Waals surface area contributed by atoms with Crippen LogP contribution < -0.4 is 5.32 Å². The fourth-order valence-electron chi connectivity index (χ4n) is 2.74. The van der Waals surface area contributed by atoms with E-state index in [9.17, 15) is 0 Å². The van der Waals surface area contributed by atoms with E-state index in [0.717, 1.165) is 5.75 Å². The van der Waals surface area contributed by atoms with Crippen LogP contribution in [-0.2, 0) is 0 Å². The molecule has 0 saturated carbocycles. The van der Waals surface area contributed by atoms with Crippen LogP contribution in [0.15, 0.2) is 35.2 Å². The summed E-state index contributed by atoms with van der Waals surface area (Å²) in [5, 5.41) is 3.73. The first-order valence-electron chi connectivity index (χ1n) is 7.90. The Balaban J connectivity index is 1.76. The summed E-state index contributed by atoms with van der Waals surface area (Å²) in [5.74, 6) is 1.16. The van der Waals surface area contributed by atoms with Gasteiger partial charge in [0.15, 0.2) is 0 Å². The van der Waals surface area contributed by atoms with Gasteiger partial charge in [0.1, 0.15) is 0 Å². The molecule has 0 spiro atoms. The van der Waals surface area contributed by atoms with Crippen molar-refractivity contribution < 1.29 is 0 Å². The number of nitrogens with zero attached hydrogens (tertiary/aromatic N) is 1. The van der Waals surface area contributed by atoms with Gasteiger partial charge in [0.05, 0.1) is 0 Å². The van der Waals surface area contributed by atoms with Crippen LogP contribution in [0.5, 0.6) is 0 Å². The van der Waals surface area contributed by atoms with Crippen LogP contribution in [0.3, 0.4) is 0 Å². The minimum Gasteiger partial charge on any atom is -0.311 e. The second kappa shape index (κ2) is 8.71. The second-order valence-corrected chi connectivity index (χ2v) is 7.07. The molecule has 20 heavy (non-hydrogen) atoms. The van der Waals surface area contributed by atoms with Crippen molar-refractivity contribution in [3.05, 3.63) is 30.3 Å². The fourth-order valence-corrected chi connectivity index (χ4v) is 3.75. The van der Waals surface area contributed by atoms with Gasteiger partial charge in [-0.05, 0) is 51.0 Å². The zero-order chi connectivity index (χ0) is 14.2. The minimum absolute atomic E-state index is 0.565. The third kappa shape index (κ3) is 5.86. The Hall–Kier alpha value is -0.510. The summed E-state index contributed by atoms with van der Waals surface area (Å²) in [5.41, 5.74) is 0. The van der Waals surface area contributed by atoms with Crippen LogP contribution in [0.25, 0.3) is 0 Å². The van der Waals surface area contributed by atoms with Crippen molar-refractivity contribution in [2.24, 2.45) is 0 Å². The van der Waals surface area contributed by atoms with Crippen LogP contribution in [0.2, 0.25) is 0 Å². The predicted molar refractivity (Wildman–Crippen MR) is 89.5 cm³/mol. The number of thioether (sulfide) groups is 1. The number of hydrogen-bond acceptors (Lipinski definition) is 3. The first-order chi connectivity index (χ1) is 9.74. The summed E-state index contributed by atoms with van der Waals surface area (Å²) in [4.78, 5) is 3.99. The molecule has 0 amide bonds. The molecule has 1 aliphatic heterocycles. The maximum atomic E-state index is 3.73. The normalized spacial score (nSPS) is 17.8. The zero-order valence-electron chi connectivity index (χ0n) is 12.8. The predicted octanol–water partition coefficient (Wildman–Crippen LogP) is 3.63. The summed E-state index contributed by atoms with van der Waals surface area (Å²) in [7, 11) is 0. The second-order valence-electron chi connectivity index (χ2n) is 5.98. The number of hydrogen-bond donors (Lipinski definition) is 1. The maximum Gasteiger partial charge on any atom is 0.0176 e. The van der Waals surface area contributed by atoms with Crippen LogP contribution >= 0.6 is 11.8 Å². The van der Waals surface area contributed by atoms with Crippen LogP contribution in [0.1, 0.15) is 33.1 Å². The van der Waals surface area contributed by atoms with E-state index >= 15 is 0 Å². The molecule has 2 nitrogen and oxygen atoms in total. The quantitative estimate of drug-likeness (QED) is 0.737. The van der Waals surface area contributed by atoms with Gasteiger partial charge in [-0.3, -0.25) is 0 Å². The monoisotopic (exact) mass is 292 g/mol. The third-order valence-electron chi connectivity index (χ3n) is 3.76. The van der Waals surface area contributed by atoms with Crippen LogP contribution in [0, 0.1) is 0 Å². The lowest BCUT2D eigenvalue weighted by molar-refractivity contribution is 0.310. The molecular weight excluding hydrogens is 264 g/mol. The van der Waals surface area contributed by atoms with Gasteiger partial charge in [0.25, 0.3) is 0 Å². The summed E-state index contributed by atoms with van der Waals surface area (Å²) in [6.45, 7) is 8.35. The highest BCUT2D eigenvalue weighted by Gasteiger charge is 2.15. The molecule has 0 aromatic heterocycles. The van der Waals surface area contributed by atoms with Gasteiger partial charge in [-0.25, -0.2) is 0 Å². The third-order valence-corrected chi connectivity index (χ3v) is 4.93. The highest BCUT2D eigenvalue weighted by molar-refractivity contribution is 7.99. The first-order valence-corrected chi connectivity index (χ1v) is 8.89. The van der Waals surface area contributed by atoms with Crippen molar-refractivity contribution >= 4 is 11.8 Å². The van der Waals surface area contributed by atoms with E-state index in [-0.39, 0.29) is 0 Å². The molecule has 0 unspecified atom stereocenters. The molecule has 0 aliphatic carbocycles. The van der Waals surface area contributed by atoms with E-state index in [2.05, 4.69) is 54.4 Å². The van der Waals surface area contributed by atoms with E-state index < -0.39 is 0 Å². The minimum atomic E-state index is 0.565. The molecule has 1 fully saturated rings. The smallest absolute Gasteiger partial charge is 0.0176 e. The van der Waals surface area contributed by atoms with Gasteiger partial charge in [0.2, 0.25) is 0 Å². The summed E-state index contributed by atoms with van der Waals surface area (Å²) in [6, 6.07) is 11.9. The van der Waals surface area contributed by atoms with Gasteiger partial charge < -0.3 is 10.2 Å². The van der Waals surface area contributed by atoms with Crippen molar-refractivity contribution in [2.75, 3.05) is 25.4 Å². The van der Waals surface area contributed by atoms with E-state index in [1.54, 1.807) is 0 Å². The van der Waals surface area contributed by atoms with E-state index in [1.165, 1.54) is 43.8 Å². The van der Waals surface area contributed by atoms with E-state index in [1.807, 2.05) is 11.8 Å². The lowest BCUT2D eigenvalue weighted by Crippen LogP contribution is -2.39. The zero-order valence-corrected chi connectivity index (χ0v) is 13.7. The van der Waals surface area contributed by atoms with Crippen molar-refractivity contribution in [3.63, 3.8) is 0 Å². The van der Waals surface area contributed by atoms with Gasteiger partial charge in [-0.15, -0.1) is 11.8 Å². The van der Waals surface area contributed by atoms with Crippen molar-refractivity contribution in [3.8, 4) is 0 Å². The lowest BCUT2D eigenvalue weighted by Gasteiger charge is -2.24. The number of rotatable bonds is 8. The molecule has 1 N–H and O–H groups in total. The van der Waals surface area contributed by atoms with Crippen LogP contribution in [0.4, 0.5) is 0 Å². The first kappa shape index (κ1) is 15.9. The fraction of sp³-hybridized carbons (Fsp3) is 0.647. The number of benzene rings is 1. The standard InChI is InChI=1S/C17H28N2S/c1-15(2)18-16(10-13-19-11-6-7-12-19)14-20-17-8-4-3-5-9-17/h3-5,8-9,15-16,18H,6-7,10-14H2,1-2H3/t16-/m1/s1. The molecule has 112 valence electrons. The molecule has 0 bridgehead atoms. The largest absolute Gasteiger partial charge is 0.311 e. The lowest BCUT2D eigenvalue weighted by atomic mass is 10.2. The number of likely N-dealkylation sites (tertiary alicyclic amines) is 1. The Bertz CT molecular complexity index is 361. The van der Waals surface area contributed by atoms with E-state index in [0.29, 0.717) is 12.1 Å². The van der Waals surface area contributed by atoms with Crippen molar-refractivity contribution in [2.45, 2.75) is 50.1 Å². The Kier molecular flexibility index (Phi) is 6.91. The Labute approximate surface area is 128 Å². The molecule has 3 heteroatoms. The topological polar surface area (TPSA) is 15.3 Å². The van der Waals surface area contributed by atoms with Crippen LogP contribution in [-0.4, -0.2) is 42.4 Å². The number of nitrogens with one attached hydrogen (secondary N) is 1. The molecule has 0 radical (unpaired) electrons. The summed E-state index contributed by atoms with van der Waals surface area (Å²) in [6.07, 6.45) is 4.04.